The van der Waals surface area contributed by atoms with Crippen molar-refractivity contribution in [1.82, 2.24) is 4.98 Å². The summed E-state index contributed by atoms with van der Waals surface area (Å²) in [5.41, 5.74) is 1.87. The van der Waals surface area contributed by atoms with Crippen LogP contribution in [0.4, 0.5) is 5.69 Å². The monoisotopic (exact) mass is 346 g/mol. The van der Waals surface area contributed by atoms with E-state index in [0.717, 1.165) is 54.6 Å². The molecule has 0 N–H and O–H groups in total. The van der Waals surface area contributed by atoms with Crippen molar-refractivity contribution >= 4 is 26.4 Å². The lowest BCUT2D eigenvalue weighted by molar-refractivity contribution is 0.324. The van der Waals surface area contributed by atoms with Crippen LogP contribution in [0.25, 0.3) is 10.9 Å². The molecule has 128 valence electrons. The van der Waals surface area contributed by atoms with E-state index in [1.807, 2.05) is 24.3 Å². The number of anilines is 1. The molecule has 2 aliphatic rings. The van der Waals surface area contributed by atoms with Crippen LogP contribution < -0.4 is 9.64 Å². The van der Waals surface area contributed by atoms with Gasteiger partial charge in [-0.3, -0.25) is 4.98 Å². The Bertz CT molecular complexity index is 875. The number of hydrogen-bond donors (Lipinski definition) is 0. The highest BCUT2D eigenvalue weighted by Crippen LogP contribution is 2.44. The van der Waals surface area contributed by atoms with Crippen molar-refractivity contribution in [3.05, 3.63) is 30.5 Å². The summed E-state index contributed by atoms with van der Waals surface area (Å²) in [5, 5.41) is 1.01. The number of nitrogens with zero attached hydrogens (tertiary/aromatic N) is 2. The summed E-state index contributed by atoms with van der Waals surface area (Å²) in [5.74, 6) is 0.980. The van der Waals surface area contributed by atoms with E-state index in [1.54, 1.807) is 13.3 Å². The summed E-state index contributed by atoms with van der Waals surface area (Å²) >= 11 is 0. The van der Waals surface area contributed by atoms with Crippen molar-refractivity contribution in [2.75, 3.05) is 30.9 Å². The number of rotatable bonds is 2. The van der Waals surface area contributed by atoms with E-state index in [9.17, 15) is 8.42 Å². The lowest BCUT2D eigenvalue weighted by Gasteiger charge is -2.40. The summed E-state index contributed by atoms with van der Waals surface area (Å²) in [4.78, 5) is 6.65. The van der Waals surface area contributed by atoms with Crippen molar-refractivity contribution in [2.24, 2.45) is 0 Å². The predicted molar refractivity (Wildman–Crippen MR) is 95.5 cm³/mol. The fraction of sp³-hybridized carbons (Fsp3) is 0.500. The van der Waals surface area contributed by atoms with Crippen LogP contribution in [-0.2, 0) is 9.84 Å². The number of fused-ring (bicyclic) bond motifs is 1. The van der Waals surface area contributed by atoms with Gasteiger partial charge < -0.3 is 9.64 Å². The van der Waals surface area contributed by atoms with Crippen LogP contribution >= 0.6 is 0 Å². The third kappa shape index (κ3) is 2.27. The minimum atomic E-state index is -3.01. The minimum Gasteiger partial charge on any atom is -0.494 e. The highest BCUT2D eigenvalue weighted by Gasteiger charge is 2.49. The fourth-order valence-electron chi connectivity index (χ4n) is 4.00. The minimum absolute atomic E-state index is 0.237. The van der Waals surface area contributed by atoms with E-state index in [2.05, 4.69) is 9.88 Å². The molecule has 0 unspecified atom stereocenters. The molecule has 24 heavy (non-hydrogen) atoms. The molecule has 1 saturated heterocycles. The van der Waals surface area contributed by atoms with Gasteiger partial charge in [0, 0.05) is 30.4 Å². The van der Waals surface area contributed by atoms with E-state index < -0.39 is 14.6 Å². The van der Waals surface area contributed by atoms with Crippen LogP contribution in [0.2, 0.25) is 0 Å². The van der Waals surface area contributed by atoms with Gasteiger partial charge >= 0.3 is 0 Å². The molecule has 0 atom stereocenters. The lowest BCUT2D eigenvalue weighted by Crippen LogP contribution is -2.46. The molecule has 0 bridgehead atoms. The van der Waals surface area contributed by atoms with Crippen molar-refractivity contribution in [2.45, 2.75) is 30.4 Å². The number of sulfone groups is 1. The summed E-state index contributed by atoms with van der Waals surface area (Å²) in [6, 6.07) is 7.86. The molecule has 2 fully saturated rings. The molecule has 6 heteroatoms. The van der Waals surface area contributed by atoms with E-state index >= 15 is 0 Å². The molecule has 1 aromatic heterocycles. The molecule has 1 aromatic carbocycles. The number of pyridine rings is 1. The predicted octanol–water partition coefficient (Wildman–Crippen LogP) is 2.79. The average molecular weight is 346 g/mol. The van der Waals surface area contributed by atoms with Crippen LogP contribution in [0.3, 0.4) is 0 Å². The van der Waals surface area contributed by atoms with Gasteiger partial charge in [0.1, 0.15) is 11.3 Å². The maximum absolute atomic E-state index is 12.7. The van der Waals surface area contributed by atoms with Gasteiger partial charge in [-0.15, -0.1) is 0 Å². The molecular formula is C18H22N2O3S. The highest BCUT2D eigenvalue weighted by molar-refractivity contribution is 7.92. The summed E-state index contributed by atoms with van der Waals surface area (Å²) < 4.78 is 30.3. The first kappa shape index (κ1) is 15.7. The SMILES string of the molecule is COc1cccc2c(N3CCC4(CCC4)S(=O)(=O)CC3)ccnc12. The number of para-hydroxylation sites is 1. The summed E-state index contributed by atoms with van der Waals surface area (Å²) in [6.45, 7) is 1.32. The number of benzene rings is 1. The zero-order valence-corrected chi connectivity index (χ0v) is 14.7. The molecular weight excluding hydrogens is 324 g/mol. The number of ether oxygens (including phenoxy) is 1. The molecule has 2 aromatic rings. The maximum atomic E-state index is 12.7. The number of aromatic nitrogens is 1. The van der Waals surface area contributed by atoms with Gasteiger partial charge in [-0.2, -0.15) is 0 Å². The Hall–Kier alpha value is -1.82. The van der Waals surface area contributed by atoms with E-state index in [-0.39, 0.29) is 5.75 Å². The fourth-order valence-corrected chi connectivity index (χ4v) is 6.21. The van der Waals surface area contributed by atoms with Crippen LogP contribution in [0.1, 0.15) is 25.7 Å². The van der Waals surface area contributed by atoms with Gasteiger partial charge in [0.15, 0.2) is 9.84 Å². The molecule has 1 aliphatic heterocycles. The Labute approximate surface area is 142 Å². The molecule has 0 amide bonds. The first-order valence-electron chi connectivity index (χ1n) is 8.45. The van der Waals surface area contributed by atoms with E-state index in [0.29, 0.717) is 6.54 Å². The van der Waals surface area contributed by atoms with Crippen molar-refractivity contribution in [3.63, 3.8) is 0 Å². The van der Waals surface area contributed by atoms with E-state index in [4.69, 9.17) is 4.74 Å². The van der Waals surface area contributed by atoms with Crippen molar-refractivity contribution in [1.29, 1.82) is 0 Å². The zero-order valence-electron chi connectivity index (χ0n) is 13.9. The van der Waals surface area contributed by atoms with Crippen LogP contribution in [0.5, 0.6) is 5.75 Å². The van der Waals surface area contributed by atoms with E-state index in [1.165, 1.54) is 0 Å². The van der Waals surface area contributed by atoms with Crippen LogP contribution in [-0.4, -0.2) is 44.1 Å². The smallest absolute Gasteiger partial charge is 0.157 e. The Morgan fingerprint density at radius 1 is 1.17 bits per heavy atom. The van der Waals surface area contributed by atoms with Gasteiger partial charge in [0.05, 0.1) is 17.6 Å². The second-order valence-corrected chi connectivity index (χ2v) is 9.28. The standard InChI is InChI=1S/C18H22N2O3S/c1-23-16-5-2-4-14-15(6-10-19-17(14)16)20-11-9-18(7-3-8-18)24(21,22)13-12-20/h2,4-6,10H,3,7-9,11-13H2,1H3. The zero-order chi connectivity index (χ0) is 16.8. The normalized spacial score (nSPS) is 22.1. The third-order valence-corrected chi connectivity index (χ3v) is 8.32. The molecule has 1 spiro atoms. The van der Waals surface area contributed by atoms with Crippen molar-refractivity contribution < 1.29 is 13.2 Å². The first-order valence-corrected chi connectivity index (χ1v) is 10.1. The molecule has 1 saturated carbocycles. The second kappa shape index (κ2) is 5.62. The molecule has 1 aliphatic carbocycles. The Morgan fingerprint density at radius 2 is 2.00 bits per heavy atom. The third-order valence-electron chi connectivity index (χ3n) is 5.66. The maximum Gasteiger partial charge on any atom is 0.157 e. The number of hydrogen-bond acceptors (Lipinski definition) is 5. The summed E-state index contributed by atoms with van der Waals surface area (Å²) in [6.07, 6.45) is 5.19. The van der Waals surface area contributed by atoms with Gasteiger partial charge in [-0.25, -0.2) is 8.42 Å². The Kier molecular flexibility index (Phi) is 3.67. The Balaban J connectivity index is 1.73. The topological polar surface area (TPSA) is 59.5 Å². The van der Waals surface area contributed by atoms with Crippen molar-refractivity contribution in [3.8, 4) is 5.75 Å². The molecule has 5 nitrogen and oxygen atoms in total. The van der Waals surface area contributed by atoms with Gasteiger partial charge in [0.25, 0.3) is 0 Å². The molecule has 2 heterocycles. The quantitative estimate of drug-likeness (QED) is 0.837. The van der Waals surface area contributed by atoms with Gasteiger partial charge in [-0.05, 0) is 31.4 Å². The van der Waals surface area contributed by atoms with Crippen LogP contribution in [0, 0.1) is 0 Å². The first-order chi connectivity index (χ1) is 11.6. The average Bonchev–Trinajstić information content (AvgIpc) is 2.69. The number of methoxy groups -OCH3 is 1. The largest absolute Gasteiger partial charge is 0.494 e. The Morgan fingerprint density at radius 3 is 2.71 bits per heavy atom. The van der Waals surface area contributed by atoms with Crippen LogP contribution in [0.15, 0.2) is 30.5 Å². The highest BCUT2D eigenvalue weighted by atomic mass is 32.2. The molecule has 0 radical (unpaired) electrons. The van der Waals surface area contributed by atoms with Gasteiger partial charge in [0.2, 0.25) is 0 Å². The van der Waals surface area contributed by atoms with Gasteiger partial charge in [-0.1, -0.05) is 18.6 Å². The molecule has 4 rings (SSSR count). The lowest BCUT2D eigenvalue weighted by atomic mass is 9.81. The second-order valence-electron chi connectivity index (χ2n) is 6.78. The summed E-state index contributed by atoms with van der Waals surface area (Å²) in [7, 11) is -1.37.